The number of rotatable bonds is 2. The molecule has 0 N–H and O–H groups in total. The molecule has 0 aliphatic rings. The third-order valence-electron chi connectivity index (χ3n) is 3.59. The predicted octanol–water partition coefficient (Wildman–Crippen LogP) is 5.93. The smallest absolute Gasteiger partial charge is 0.147 e. The van der Waals surface area contributed by atoms with Gasteiger partial charge in [0, 0.05) is 0 Å². The maximum atomic E-state index is 3.18. The number of hydrogen-bond acceptors (Lipinski definition) is 0. The normalized spacial score (nSPS) is 9.28. The van der Waals surface area contributed by atoms with Gasteiger partial charge >= 0.3 is 23.1 Å². The summed E-state index contributed by atoms with van der Waals surface area (Å²) in [7, 11) is 0. The summed E-state index contributed by atoms with van der Waals surface area (Å²) < 4.78 is 0. The minimum Gasteiger partial charge on any atom is -0.147 e. The largest absolute Gasteiger partial charge is 2.00 e. The molecule has 116 valence electrons. The molecule has 25 heavy (non-hydrogen) atoms. The van der Waals surface area contributed by atoms with Gasteiger partial charge in [0.25, 0.3) is 0 Å². The summed E-state index contributed by atoms with van der Waals surface area (Å²) in [5.41, 5.74) is 4.74. The molecule has 0 atom stereocenters. The van der Waals surface area contributed by atoms with E-state index in [0.29, 0.717) is 0 Å². The molecule has 0 unspecified atom stereocenters. The Morgan fingerprint density at radius 1 is 0.400 bits per heavy atom. The summed E-state index contributed by atoms with van der Waals surface area (Å²) in [5.74, 6) is 0. The molecule has 4 rings (SSSR count). The molecule has 0 aliphatic carbocycles. The molecule has 0 aromatic heterocycles. The van der Waals surface area contributed by atoms with Gasteiger partial charge in [-0.05, 0) is 0 Å². The van der Waals surface area contributed by atoms with E-state index in [2.05, 4.69) is 48.5 Å². The van der Waals surface area contributed by atoms with Crippen molar-refractivity contribution in [3.8, 4) is 22.3 Å². The van der Waals surface area contributed by atoms with E-state index in [0.717, 1.165) is 11.1 Å². The van der Waals surface area contributed by atoms with Gasteiger partial charge in [-0.25, -0.2) is 0 Å². The topological polar surface area (TPSA) is 0 Å². The average molecular weight is 331 g/mol. The van der Waals surface area contributed by atoms with Crippen molar-refractivity contribution < 1.29 is 0 Å². The molecule has 0 bridgehead atoms. The van der Waals surface area contributed by atoms with Gasteiger partial charge in [-0.15, -0.1) is 71.8 Å². The Morgan fingerprint density at radius 3 is 1.08 bits per heavy atom. The molecular weight excluding hydrogens is 313 g/mol. The molecule has 0 nitrogen and oxygen atoms in total. The Kier molecular flexibility index (Phi) is 7.97. The average Bonchev–Trinajstić information content (AvgIpc) is 2.71. The van der Waals surface area contributed by atoms with E-state index >= 15 is 0 Å². The summed E-state index contributed by atoms with van der Waals surface area (Å²) in [4.78, 5) is 0. The van der Waals surface area contributed by atoms with Crippen LogP contribution in [0.15, 0.2) is 109 Å². The van der Waals surface area contributed by atoms with Crippen molar-refractivity contribution in [2.24, 2.45) is 0 Å². The van der Waals surface area contributed by atoms with Gasteiger partial charge < -0.3 is 0 Å². The zero-order chi connectivity index (χ0) is 16.5. The maximum Gasteiger partial charge on any atom is 2.00 e. The van der Waals surface area contributed by atoms with Crippen molar-refractivity contribution >= 4 is 23.1 Å². The monoisotopic (exact) mass is 330 g/mol. The second-order valence-corrected chi connectivity index (χ2v) is 5.28. The first kappa shape index (κ1) is 19.0. The second kappa shape index (κ2) is 10.5. The molecule has 4 aromatic rings. The Morgan fingerprint density at radius 2 is 0.760 bits per heavy atom. The molecule has 0 heterocycles. The molecule has 0 fully saturated rings. The standard InChI is InChI=1S/2C12H9.Mg/c2*1-3-7-11(8-4-1)12-9-5-2-6-10-12;/h2*1-9H;/q2*-1;+2. The van der Waals surface area contributed by atoms with E-state index < -0.39 is 0 Å². The van der Waals surface area contributed by atoms with Crippen LogP contribution in [0.4, 0.5) is 0 Å². The summed E-state index contributed by atoms with van der Waals surface area (Å²) in [6, 6.07) is 42.9. The van der Waals surface area contributed by atoms with Crippen LogP contribution in [0, 0.1) is 12.1 Å². The van der Waals surface area contributed by atoms with Gasteiger partial charge in [-0.1, -0.05) is 71.8 Å². The summed E-state index contributed by atoms with van der Waals surface area (Å²) >= 11 is 0. The van der Waals surface area contributed by atoms with E-state index in [1.165, 1.54) is 11.1 Å². The summed E-state index contributed by atoms with van der Waals surface area (Å²) in [5, 5.41) is 0. The van der Waals surface area contributed by atoms with Gasteiger partial charge in [-0.3, -0.25) is 0 Å². The Bertz CT molecular complexity index is 676. The summed E-state index contributed by atoms with van der Waals surface area (Å²) in [6.45, 7) is 0. The van der Waals surface area contributed by atoms with Gasteiger partial charge in [0.1, 0.15) is 0 Å². The van der Waals surface area contributed by atoms with Gasteiger partial charge in [0.05, 0.1) is 0 Å². The minimum atomic E-state index is 0. The van der Waals surface area contributed by atoms with E-state index in [4.69, 9.17) is 0 Å². The van der Waals surface area contributed by atoms with Crippen LogP contribution in [-0.2, 0) is 0 Å². The maximum absolute atomic E-state index is 3.18. The van der Waals surface area contributed by atoms with Gasteiger partial charge in [0.15, 0.2) is 0 Å². The van der Waals surface area contributed by atoms with Crippen LogP contribution >= 0.6 is 0 Å². The predicted molar refractivity (Wildman–Crippen MR) is 107 cm³/mol. The van der Waals surface area contributed by atoms with Crippen molar-refractivity contribution in [3.63, 3.8) is 0 Å². The molecule has 0 amide bonds. The summed E-state index contributed by atoms with van der Waals surface area (Å²) in [6.07, 6.45) is 0. The Balaban J connectivity index is 0.000000173. The van der Waals surface area contributed by atoms with Crippen LogP contribution in [0.25, 0.3) is 22.3 Å². The van der Waals surface area contributed by atoms with Crippen molar-refractivity contribution in [1.29, 1.82) is 0 Å². The van der Waals surface area contributed by atoms with Crippen LogP contribution in [0.3, 0.4) is 0 Å². The van der Waals surface area contributed by atoms with Crippen LogP contribution in [0.5, 0.6) is 0 Å². The third kappa shape index (κ3) is 5.90. The Labute approximate surface area is 166 Å². The fourth-order valence-electron chi connectivity index (χ4n) is 2.38. The van der Waals surface area contributed by atoms with Crippen molar-refractivity contribution in [2.45, 2.75) is 0 Å². The van der Waals surface area contributed by atoms with Crippen LogP contribution in [-0.4, -0.2) is 23.1 Å². The molecule has 0 aliphatic heterocycles. The molecule has 1 heteroatoms. The second-order valence-electron chi connectivity index (χ2n) is 5.28. The minimum absolute atomic E-state index is 0. The number of benzene rings is 4. The first-order chi connectivity index (χ1) is 11.9. The first-order valence-electron chi connectivity index (χ1n) is 7.98. The zero-order valence-electron chi connectivity index (χ0n) is 14.1. The van der Waals surface area contributed by atoms with Crippen molar-refractivity contribution in [1.82, 2.24) is 0 Å². The third-order valence-corrected chi connectivity index (χ3v) is 3.59. The fraction of sp³-hybridized carbons (Fsp3) is 0. The number of hydrogen-bond donors (Lipinski definition) is 0. The van der Waals surface area contributed by atoms with Gasteiger partial charge in [-0.2, -0.15) is 0 Å². The SMILES string of the molecule is [Mg+2].[c-]1ccccc1-c1ccccc1.[c-]1ccccc1-c1ccccc1. The first-order valence-corrected chi connectivity index (χ1v) is 7.98. The fourth-order valence-corrected chi connectivity index (χ4v) is 2.38. The van der Waals surface area contributed by atoms with E-state index in [9.17, 15) is 0 Å². The van der Waals surface area contributed by atoms with E-state index in [1.807, 2.05) is 72.8 Å². The molecule has 0 saturated carbocycles. The van der Waals surface area contributed by atoms with E-state index in [-0.39, 0.29) is 23.1 Å². The van der Waals surface area contributed by atoms with Crippen molar-refractivity contribution in [2.75, 3.05) is 0 Å². The molecule has 0 spiro atoms. The van der Waals surface area contributed by atoms with E-state index in [1.54, 1.807) is 0 Å². The molecular formula is C24H18Mg. The quantitative estimate of drug-likeness (QED) is 0.316. The Hall–Kier alpha value is -2.35. The van der Waals surface area contributed by atoms with Crippen LogP contribution in [0.2, 0.25) is 0 Å². The van der Waals surface area contributed by atoms with Gasteiger partial charge in [0.2, 0.25) is 0 Å². The molecule has 4 aromatic carbocycles. The van der Waals surface area contributed by atoms with Crippen LogP contribution < -0.4 is 0 Å². The molecule has 0 radical (unpaired) electrons. The van der Waals surface area contributed by atoms with Crippen LogP contribution in [0.1, 0.15) is 0 Å². The zero-order valence-corrected chi connectivity index (χ0v) is 15.5. The van der Waals surface area contributed by atoms with Crippen molar-refractivity contribution in [3.05, 3.63) is 121 Å². The molecule has 0 saturated heterocycles.